The van der Waals surface area contributed by atoms with Crippen LogP contribution in [0.5, 0.6) is 0 Å². The average Bonchev–Trinajstić information content (AvgIpc) is 3.34. The van der Waals surface area contributed by atoms with Crippen molar-refractivity contribution in [1.82, 2.24) is 5.32 Å². The van der Waals surface area contributed by atoms with Gasteiger partial charge in [-0.3, -0.25) is 10.2 Å². The van der Waals surface area contributed by atoms with E-state index < -0.39 is 12.0 Å². The van der Waals surface area contributed by atoms with Crippen molar-refractivity contribution < 1.29 is 18.3 Å². The molecule has 2 bridgehead atoms. The number of carbonyl (C=O) groups excluding carboxylic acids is 1. The number of benzene rings is 3. The maximum absolute atomic E-state index is 13.8. The predicted octanol–water partition coefficient (Wildman–Crippen LogP) is 4.53. The molecule has 4 N–H and O–H groups in total. The first-order valence-corrected chi connectivity index (χ1v) is 10.3. The van der Waals surface area contributed by atoms with Gasteiger partial charge >= 0.3 is 0 Å². The Morgan fingerprint density at radius 3 is 2.22 bits per heavy atom. The Labute approximate surface area is 183 Å². The molecule has 32 heavy (non-hydrogen) atoms. The quantitative estimate of drug-likeness (QED) is 0.408. The number of nitrogens with one attached hydrogen (secondary N) is 2. The molecule has 3 aromatic rings. The second kappa shape index (κ2) is 7.24. The summed E-state index contributed by atoms with van der Waals surface area (Å²) in [7, 11) is 0. The molecule has 2 aliphatic rings. The van der Waals surface area contributed by atoms with E-state index in [4.69, 9.17) is 15.9 Å². The minimum atomic E-state index is -2.93. The summed E-state index contributed by atoms with van der Waals surface area (Å²) >= 11 is 0. The summed E-state index contributed by atoms with van der Waals surface area (Å²) in [4.78, 5) is 12.7. The molecule has 2 aliphatic heterocycles. The molecule has 1 amide bonds. The first kappa shape index (κ1) is 20.3. The molecule has 162 valence electrons. The van der Waals surface area contributed by atoms with Gasteiger partial charge in [-0.1, -0.05) is 42.5 Å². The second-order valence-electron chi connectivity index (χ2n) is 8.27. The first-order valence-electron chi connectivity index (χ1n) is 10.3. The zero-order valence-electron chi connectivity index (χ0n) is 17.3. The number of ether oxygens (including phenoxy) is 1. The summed E-state index contributed by atoms with van der Waals surface area (Å²) in [5.41, 5.74) is 10.9. The van der Waals surface area contributed by atoms with E-state index in [-0.39, 0.29) is 23.4 Å². The number of halogens is 2. The summed E-state index contributed by atoms with van der Waals surface area (Å²) in [6.07, 6.45) is -0.736. The molecule has 3 aromatic carbocycles. The zero-order valence-corrected chi connectivity index (χ0v) is 17.3. The molecule has 0 saturated carbocycles. The Bertz CT molecular complexity index is 1250. The first-order chi connectivity index (χ1) is 15.2. The van der Waals surface area contributed by atoms with Gasteiger partial charge in [0.25, 0.3) is 11.8 Å². The molecule has 0 aliphatic carbocycles. The number of amides is 1. The van der Waals surface area contributed by atoms with E-state index in [0.29, 0.717) is 17.7 Å². The number of carbonyl (C=O) groups is 1. The van der Waals surface area contributed by atoms with Crippen molar-refractivity contribution in [1.29, 1.82) is 5.41 Å². The zero-order chi connectivity index (χ0) is 22.6. The van der Waals surface area contributed by atoms with E-state index in [1.807, 2.05) is 18.2 Å². The third-order valence-corrected chi connectivity index (χ3v) is 6.06. The third kappa shape index (κ3) is 3.35. The number of rotatable bonds is 5. The highest BCUT2D eigenvalue weighted by atomic mass is 19.3. The number of hydrogen-bond donors (Lipinski definition) is 3. The maximum Gasteiger partial charge on any atom is 0.270 e. The van der Waals surface area contributed by atoms with Gasteiger partial charge in [0.2, 0.25) is 0 Å². The van der Waals surface area contributed by atoms with Crippen LogP contribution in [-0.2, 0) is 17.2 Å². The van der Waals surface area contributed by atoms with Gasteiger partial charge in [-0.25, -0.2) is 8.78 Å². The Hall–Kier alpha value is -3.58. The van der Waals surface area contributed by atoms with Crippen LogP contribution in [0.25, 0.3) is 0 Å². The monoisotopic (exact) mass is 433 g/mol. The number of nitrogens with two attached hydrogens (primary N) is 1. The van der Waals surface area contributed by atoms with Crippen LogP contribution >= 0.6 is 0 Å². The normalized spacial score (nSPS) is 18.2. The summed E-state index contributed by atoms with van der Waals surface area (Å²) in [5.74, 6) is -3.17. The van der Waals surface area contributed by atoms with Gasteiger partial charge in [0, 0.05) is 30.2 Å². The van der Waals surface area contributed by atoms with Gasteiger partial charge in [0.05, 0.1) is 0 Å². The largest absolute Gasteiger partial charge is 0.384 e. The van der Waals surface area contributed by atoms with Gasteiger partial charge in [0.15, 0.2) is 0 Å². The van der Waals surface area contributed by atoms with Crippen LogP contribution in [0.4, 0.5) is 8.78 Å². The summed E-state index contributed by atoms with van der Waals surface area (Å²) in [6, 6.07) is 17.2. The molecule has 2 atom stereocenters. The van der Waals surface area contributed by atoms with E-state index in [1.54, 1.807) is 30.3 Å². The van der Waals surface area contributed by atoms with Crippen LogP contribution in [0, 0.1) is 5.41 Å². The van der Waals surface area contributed by atoms with Crippen molar-refractivity contribution in [2.45, 2.75) is 31.6 Å². The third-order valence-electron chi connectivity index (χ3n) is 6.06. The fourth-order valence-electron chi connectivity index (χ4n) is 4.35. The summed E-state index contributed by atoms with van der Waals surface area (Å²) in [6.45, 7) is 1.21. The molecule has 0 unspecified atom stereocenters. The van der Waals surface area contributed by atoms with E-state index >= 15 is 0 Å². The van der Waals surface area contributed by atoms with E-state index in [9.17, 15) is 13.6 Å². The minimum Gasteiger partial charge on any atom is -0.384 e. The number of fused-ring (bicyclic) bond motifs is 8. The van der Waals surface area contributed by atoms with Gasteiger partial charge in [-0.2, -0.15) is 0 Å². The van der Waals surface area contributed by atoms with Crippen LogP contribution in [0.3, 0.4) is 0 Å². The lowest BCUT2D eigenvalue weighted by Gasteiger charge is -2.19. The molecular formula is C25H21F2N3O2. The smallest absolute Gasteiger partial charge is 0.270 e. The number of hydrogen-bond acceptors (Lipinski definition) is 3. The molecule has 5 nitrogen and oxygen atoms in total. The Kier molecular flexibility index (Phi) is 4.60. The van der Waals surface area contributed by atoms with Crippen molar-refractivity contribution in [3.63, 3.8) is 0 Å². The molecule has 7 heteroatoms. The van der Waals surface area contributed by atoms with Crippen LogP contribution < -0.4 is 11.1 Å². The lowest BCUT2D eigenvalue weighted by Crippen LogP contribution is -2.23. The highest BCUT2D eigenvalue weighted by molar-refractivity contribution is 5.95. The standard InChI is InChI=1S/C25H21F2N3O2/c1-25(26,27)16-7-9-18-20(11-16)22-19-10-15(6-8-17(19)21(18)32-22)24(31)30-12-13-2-4-14(5-3-13)23(28)29/h2-11,21-22H,12H2,1H3,(H3,28,29)(H,30,31)/t21-,22+/m1/s1. The molecule has 0 saturated heterocycles. The molecule has 0 aromatic heterocycles. The van der Waals surface area contributed by atoms with Crippen LogP contribution in [0.2, 0.25) is 0 Å². The number of amidine groups is 1. The topological polar surface area (TPSA) is 88.2 Å². The lowest BCUT2D eigenvalue weighted by atomic mass is 9.84. The van der Waals surface area contributed by atoms with Crippen molar-refractivity contribution in [2.24, 2.45) is 5.73 Å². The SMILES string of the molecule is CC(F)(F)c1ccc2c(c1)[C@H]1O[C@@H]2c2ccc(C(=O)NCc3ccc(C(=N)N)cc3)cc21. The number of nitrogen functional groups attached to an aromatic ring is 1. The van der Waals surface area contributed by atoms with Crippen LogP contribution in [0.15, 0.2) is 60.7 Å². The van der Waals surface area contributed by atoms with Gasteiger partial charge < -0.3 is 15.8 Å². The Balaban J connectivity index is 1.35. The molecule has 0 spiro atoms. The maximum atomic E-state index is 13.8. The van der Waals surface area contributed by atoms with Crippen molar-refractivity contribution in [3.05, 3.63) is 105 Å². The molecule has 5 rings (SSSR count). The summed E-state index contributed by atoms with van der Waals surface area (Å²) in [5, 5.41) is 10.3. The minimum absolute atomic E-state index is 0.00778. The van der Waals surface area contributed by atoms with Crippen molar-refractivity contribution in [2.75, 3.05) is 0 Å². The van der Waals surface area contributed by atoms with Gasteiger partial charge in [-0.15, -0.1) is 0 Å². The van der Waals surface area contributed by atoms with Crippen LogP contribution in [0.1, 0.15) is 68.4 Å². The summed E-state index contributed by atoms with van der Waals surface area (Å²) < 4.78 is 33.7. The van der Waals surface area contributed by atoms with Gasteiger partial charge in [0.1, 0.15) is 18.0 Å². The molecule has 0 radical (unpaired) electrons. The fraction of sp³-hybridized carbons (Fsp3) is 0.200. The lowest BCUT2D eigenvalue weighted by molar-refractivity contribution is 0.0173. The number of alkyl halides is 2. The van der Waals surface area contributed by atoms with Crippen LogP contribution in [-0.4, -0.2) is 11.7 Å². The molecular weight excluding hydrogens is 412 g/mol. The van der Waals surface area contributed by atoms with E-state index in [2.05, 4.69) is 5.32 Å². The Morgan fingerprint density at radius 1 is 0.969 bits per heavy atom. The average molecular weight is 433 g/mol. The highest BCUT2D eigenvalue weighted by Gasteiger charge is 2.43. The van der Waals surface area contributed by atoms with E-state index in [0.717, 1.165) is 34.7 Å². The predicted molar refractivity (Wildman–Crippen MR) is 116 cm³/mol. The highest BCUT2D eigenvalue weighted by Crippen LogP contribution is 2.54. The van der Waals surface area contributed by atoms with Gasteiger partial charge in [-0.05, 0) is 46.0 Å². The molecule has 2 heterocycles. The molecule has 0 fully saturated rings. The van der Waals surface area contributed by atoms with Crippen molar-refractivity contribution in [3.8, 4) is 0 Å². The second-order valence-corrected chi connectivity index (χ2v) is 8.27. The Morgan fingerprint density at radius 2 is 1.56 bits per heavy atom. The van der Waals surface area contributed by atoms with E-state index in [1.165, 1.54) is 12.1 Å². The fourth-order valence-corrected chi connectivity index (χ4v) is 4.35. The van der Waals surface area contributed by atoms with Crippen molar-refractivity contribution >= 4 is 11.7 Å².